The predicted molar refractivity (Wildman–Crippen MR) is 84.0 cm³/mol. The number of hydrogen-bond donors (Lipinski definition) is 1. The maximum absolute atomic E-state index is 5.88. The minimum atomic E-state index is 0.774. The van der Waals surface area contributed by atoms with Gasteiger partial charge < -0.3 is 10.2 Å². The SMILES string of the molecule is CC1CCCC(N(C)CCNc2ccc(Cl)cc2)C1. The summed E-state index contributed by atoms with van der Waals surface area (Å²) in [6.07, 6.45) is 5.52. The molecule has 1 fully saturated rings. The highest BCUT2D eigenvalue weighted by atomic mass is 35.5. The van der Waals surface area contributed by atoms with Crippen LogP contribution in [0.4, 0.5) is 5.69 Å². The van der Waals surface area contributed by atoms with E-state index in [9.17, 15) is 0 Å². The Morgan fingerprint density at radius 2 is 2.00 bits per heavy atom. The molecule has 1 saturated carbocycles. The molecule has 0 heterocycles. The molecule has 0 aromatic heterocycles. The van der Waals surface area contributed by atoms with Crippen LogP contribution in [0.1, 0.15) is 32.6 Å². The van der Waals surface area contributed by atoms with E-state index in [1.165, 1.54) is 25.7 Å². The molecule has 0 bridgehead atoms. The van der Waals surface area contributed by atoms with Gasteiger partial charge in [0.25, 0.3) is 0 Å². The highest BCUT2D eigenvalue weighted by Crippen LogP contribution is 2.26. The number of nitrogens with one attached hydrogen (secondary N) is 1. The Morgan fingerprint density at radius 1 is 1.26 bits per heavy atom. The van der Waals surface area contributed by atoms with Gasteiger partial charge in [0.2, 0.25) is 0 Å². The maximum Gasteiger partial charge on any atom is 0.0407 e. The molecule has 1 aliphatic carbocycles. The molecule has 106 valence electrons. The summed E-state index contributed by atoms with van der Waals surface area (Å²) in [5.41, 5.74) is 1.15. The Morgan fingerprint density at radius 3 is 2.68 bits per heavy atom. The van der Waals surface area contributed by atoms with E-state index in [0.29, 0.717) is 0 Å². The molecule has 0 amide bonds. The molecule has 0 spiro atoms. The van der Waals surface area contributed by atoms with Gasteiger partial charge in [0.05, 0.1) is 0 Å². The third-order valence-electron chi connectivity index (χ3n) is 4.17. The molecular formula is C16H25ClN2. The summed E-state index contributed by atoms with van der Waals surface area (Å²) in [7, 11) is 2.26. The summed E-state index contributed by atoms with van der Waals surface area (Å²) in [6, 6.07) is 8.69. The van der Waals surface area contributed by atoms with Gasteiger partial charge in [-0.3, -0.25) is 0 Å². The van der Waals surface area contributed by atoms with Crippen molar-refractivity contribution in [1.82, 2.24) is 4.90 Å². The van der Waals surface area contributed by atoms with Gasteiger partial charge in [-0.05, 0) is 50.1 Å². The quantitative estimate of drug-likeness (QED) is 0.867. The first kappa shape index (κ1) is 14.7. The van der Waals surface area contributed by atoms with E-state index in [1.807, 2.05) is 24.3 Å². The van der Waals surface area contributed by atoms with Crippen LogP contribution in [0.25, 0.3) is 0 Å². The van der Waals surface area contributed by atoms with Crippen LogP contribution in [0.2, 0.25) is 5.02 Å². The molecular weight excluding hydrogens is 256 g/mol. The molecule has 0 radical (unpaired) electrons. The second kappa shape index (κ2) is 7.16. The van der Waals surface area contributed by atoms with E-state index < -0.39 is 0 Å². The summed E-state index contributed by atoms with van der Waals surface area (Å²) in [5.74, 6) is 0.894. The fourth-order valence-electron chi connectivity index (χ4n) is 2.93. The van der Waals surface area contributed by atoms with Gasteiger partial charge in [0, 0.05) is 29.8 Å². The van der Waals surface area contributed by atoms with Crippen molar-refractivity contribution in [3.63, 3.8) is 0 Å². The second-order valence-electron chi connectivity index (χ2n) is 5.84. The van der Waals surface area contributed by atoms with Crippen molar-refractivity contribution in [2.45, 2.75) is 38.6 Å². The minimum absolute atomic E-state index is 0.774. The smallest absolute Gasteiger partial charge is 0.0407 e. The molecule has 2 nitrogen and oxygen atoms in total. The van der Waals surface area contributed by atoms with Gasteiger partial charge in [-0.25, -0.2) is 0 Å². The second-order valence-corrected chi connectivity index (χ2v) is 6.28. The van der Waals surface area contributed by atoms with Crippen LogP contribution in [-0.4, -0.2) is 31.1 Å². The number of likely N-dealkylation sites (N-methyl/N-ethyl adjacent to an activating group) is 1. The molecule has 1 aromatic carbocycles. The monoisotopic (exact) mass is 280 g/mol. The van der Waals surface area contributed by atoms with Crippen LogP contribution in [0.5, 0.6) is 0 Å². The number of benzene rings is 1. The Labute approximate surface area is 122 Å². The zero-order valence-corrected chi connectivity index (χ0v) is 12.8. The summed E-state index contributed by atoms with van der Waals surface area (Å²) in [4.78, 5) is 2.51. The van der Waals surface area contributed by atoms with E-state index in [0.717, 1.165) is 35.8 Å². The largest absolute Gasteiger partial charge is 0.384 e. The van der Waals surface area contributed by atoms with E-state index in [-0.39, 0.29) is 0 Å². The Bertz CT molecular complexity index is 377. The van der Waals surface area contributed by atoms with E-state index in [2.05, 4.69) is 24.2 Å². The Kier molecular flexibility index (Phi) is 5.53. The van der Waals surface area contributed by atoms with Crippen molar-refractivity contribution in [3.05, 3.63) is 29.3 Å². The molecule has 1 aliphatic rings. The zero-order chi connectivity index (χ0) is 13.7. The molecule has 3 heteroatoms. The standard InChI is InChI=1S/C16H25ClN2/c1-13-4-3-5-16(12-13)19(2)11-10-18-15-8-6-14(17)7-9-15/h6-9,13,16,18H,3-5,10-12H2,1-2H3. The molecule has 1 aromatic rings. The molecule has 2 rings (SSSR count). The molecule has 0 saturated heterocycles. The zero-order valence-electron chi connectivity index (χ0n) is 12.0. The highest BCUT2D eigenvalue weighted by molar-refractivity contribution is 6.30. The van der Waals surface area contributed by atoms with Crippen LogP contribution in [-0.2, 0) is 0 Å². The number of rotatable bonds is 5. The van der Waals surface area contributed by atoms with Gasteiger partial charge in [-0.15, -0.1) is 0 Å². The first-order chi connectivity index (χ1) is 9.15. The predicted octanol–water partition coefficient (Wildman–Crippen LogP) is 4.26. The summed E-state index contributed by atoms with van der Waals surface area (Å²) in [5, 5.41) is 4.24. The Hall–Kier alpha value is -0.730. The maximum atomic E-state index is 5.88. The van der Waals surface area contributed by atoms with Gasteiger partial charge in [0.15, 0.2) is 0 Å². The first-order valence-corrected chi connectivity index (χ1v) is 7.72. The summed E-state index contributed by atoms with van der Waals surface area (Å²) >= 11 is 5.88. The summed E-state index contributed by atoms with van der Waals surface area (Å²) < 4.78 is 0. The average molecular weight is 281 g/mol. The van der Waals surface area contributed by atoms with E-state index >= 15 is 0 Å². The van der Waals surface area contributed by atoms with Crippen molar-refractivity contribution in [2.24, 2.45) is 5.92 Å². The van der Waals surface area contributed by atoms with E-state index in [4.69, 9.17) is 11.6 Å². The lowest BCUT2D eigenvalue weighted by Gasteiger charge is -2.34. The molecule has 1 N–H and O–H groups in total. The van der Waals surface area contributed by atoms with Crippen molar-refractivity contribution in [1.29, 1.82) is 0 Å². The van der Waals surface area contributed by atoms with Crippen LogP contribution in [0, 0.1) is 5.92 Å². The number of nitrogens with zero attached hydrogens (tertiary/aromatic N) is 1. The number of halogens is 1. The van der Waals surface area contributed by atoms with Crippen molar-refractivity contribution >= 4 is 17.3 Å². The first-order valence-electron chi connectivity index (χ1n) is 7.35. The normalized spacial score (nSPS) is 23.6. The van der Waals surface area contributed by atoms with Crippen LogP contribution >= 0.6 is 11.6 Å². The lowest BCUT2D eigenvalue weighted by Crippen LogP contribution is -2.38. The molecule has 2 atom stereocenters. The van der Waals surface area contributed by atoms with Crippen LogP contribution in [0.15, 0.2) is 24.3 Å². The van der Waals surface area contributed by atoms with E-state index in [1.54, 1.807) is 0 Å². The van der Waals surface area contributed by atoms with Gasteiger partial charge >= 0.3 is 0 Å². The third kappa shape index (κ3) is 4.70. The van der Waals surface area contributed by atoms with Crippen molar-refractivity contribution in [2.75, 3.05) is 25.5 Å². The average Bonchev–Trinajstić information content (AvgIpc) is 2.41. The lowest BCUT2D eigenvalue weighted by molar-refractivity contribution is 0.169. The van der Waals surface area contributed by atoms with Crippen molar-refractivity contribution < 1.29 is 0 Å². The van der Waals surface area contributed by atoms with Gasteiger partial charge in [0.1, 0.15) is 0 Å². The highest BCUT2D eigenvalue weighted by Gasteiger charge is 2.21. The summed E-state index contributed by atoms with van der Waals surface area (Å²) in [6.45, 7) is 4.47. The molecule has 2 unspecified atom stereocenters. The fraction of sp³-hybridized carbons (Fsp3) is 0.625. The van der Waals surface area contributed by atoms with Gasteiger partial charge in [-0.1, -0.05) is 31.4 Å². The topological polar surface area (TPSA) is 15.3 Å². The minimum Gasteiger partial charge on any atom is -0.384 e. The fourth-order valence-corrected chi connectivity index (χ4v) is 3.06. The van der Waals surface area contributed by atoms with Gasteiger partial charge in [-0.2, -0.15) is 0 Å². The number of hydrogen-bond acceptors (Lipinski definition) is 2. The van der Waals surface area contributed by atoms with Crippen LogP contribution in [0.3, 0.4) is 0 Å². The number of anilines is 1. The Balaban J connectivity index is 1.71. The van der Waals surface area contributed by atoms with Crippen molar-refractivity contribution in [3.8, 4) is 0 Å². The molecule has 19 heavy (non-hydrogen) atoms. The third-order valence-corrected chi connectivity index (χ3v) is 4.42. The molecule has 0 aliphatic heterocycles. The lowest BCUT2D eigenvalue weighted by atomic mass is 9.86. The van der Waals surface area contributed by atoms with Crippen LogP contribution < -0.4 is 5.32 Å².